The molecule has 0 aliphatic heterocycles. The molecule has 2 heterocycles. The Kier molecular flexibility index (Phi) is 5.26. The van der Waals surface area contributed by atoms with E-state index in [1.165, 1.54) is 6.07 Å². The Hall–Kier alpha value is -3.25. The van der Waals surface area contributed by atoms with Crippen LogP contribution in [0.4, 0.5) is 0 Å². The third-order valence-electron chi connectivity index (χ3n) is 5.67. The van der Waals surface area contributed by atoms with Gasteiger partial charge in [-0.25, -0.2) is 9.48 Å². The molecule has 2 aromatic carbocycles. The molecule has 1 N–H and O–H groups in total. The van der Waals surface area contributed by atoms with Gasteiger partial charge in [0.15, 0.2) is 0 Å². The van der Waals surface area contributed by atoms with E-state index in [0.29, 0.717) is 30.7 Å². The Labute approximate surface area is 174 Å². The number of nitrogens with zero attached hydrogens (tertiary/aromatic N) is 3. The van der Waals surface area contributed by atoms with Gasteiger partial charge in [-0.2, -0.15) is 0 Å². The first-order valence-electron chi connectivity index (χ1n) is 10.2. The summed E-state index contributed by atoms with van der Waals surface area (Å²) in [5.41, 5.74) is 3.67. The molecular formula is C24H25N3O3. The number of rotatable bonds is 6. The van der Waals surface area contributed by atoms with Crippen LogP contribution in [-0.2, 0) is 12.1 Å². The van der Waals surface area contributed by atoms with Crippen molar-refractivity contribution in [2.75, 3.05) is 0 Å². The molecule has 0 aliphatic carbocycles. The average molecular weight is 403 g/mol. The third-order valence-corrected chi connectivity index (χ3v) is 5.67. The number of aryl methyl sites for hydroxylation is 1. The minimum absolute atomic E-state index is 0.379. The molecule has 0 radical (unpaired) electrons. The Balaban J connectivity index is 1.70. The van der Waals surface area contributed by atoms with E-state index in [0.717, 1.165) is 27.6 Å². The van der Waals surface area contributed by atoms with Gasteiger partial charge in [0.25, 0.3) is 0 Å². The SMILES string of the molecule is CCC(O)(CC)c1cn(Cc2ccc3c(-c4cccc(C)c4)cc(=O)oc3c2)nn1. The van der Waals surface area contributed by atoms with Crippen LogP contribution in [-0.4, -0.2) is 20.1 Å². The molecule has 0 saturated heterocycles. The number of aromatic nitrogens is 3. The molecule has 6 nitrogen and oxygen atoms in total. The minimum atomic E-state index is -0.961. The molecule has 0 amide bonds. The van der Waals surface area contributed by atoms with Crippen molar-refractivity contribution in [2.24, 2.45) is 0 Å². The highest BCUT2D eigenvalue weighted by Crippen LogP contribution is 2.29. The van der Waals surface area contributed by atoms with Crippen LogP contribution >= 0.6 is 0 Å². The van der Waals surface area contributed by atoms with E-state index in [9.17, 15) is 9.90 Å². The van der Waals surface area contributed by atoms with Crippen molar-refractivity contribution in [2.45, 2.75) is 45.8 Å². The topological polar surface area (TPSA) is 81.2 Å². The lowest BCUT2D eigenvalue weighted by molar-refractivity contribution is 0.0239. The van der Waals surface area contributed by atoms with Crippen molar-refractivity contribution < 1.29 is 9.52 Å². The Morgan fingerprint density at radius 1 is 1.10 bits per heavy atom. The van der Waals surface area contributed by atoms with Gasteiger partial charge in [0.05, 0.1) is 12.7 Å². The largest absolute Gasteiger partial charge is 0.423 e. The van der Waals surface area contributed by atoms with Gasteiger partial charge in [0.1, 0.15) is 16.9 Å². The second kappa shape index (κ2) is 7.88. The molecule has 2 aromatic heterocycles. The molecule has 0 atom stereocenters. The van der Waals surface area contributed by atoms with Crippen LogP contribution in [0.2, 0.25) is 0 Å². The highest BCUT2D eigenvalue weighted by Gasteiger charge is 2.28. The van der Waals surface area contributed by atoms with Gasteiger partial charge >= 0.3 is 5.63 Å². The maximum Gasteiger partial charge on any atom is 0.336 e. The molecule has 0 aliphatic rings. The Morgan fingerprint density at radius 2 is 1.90 bits per heavy atom. The summed E-state index contributed by atoms with van der Waals surface area (Å²) >= 11 is 0. The second-order valence-electron chi connectivity index (χ2n) is 7.72. The van der Waals surface area contributed by atoms with Crippen molar-refractivity contribution >= 4 is 11.0 Å². The zero-order valence-corrected chi connectivity index (χ0v) is 17.4. The molecule has 0 spiro atoms. The summed E-state index contributed by atoms with van der Waals surface area (Å²) in [4.78, 5) is 12.2. The summed E-state index contributed by atoms with van der Waals surface area (Å²) in [6.45, 7) is 6.35. The molecule has 0 bridgehead atoms. The fourth-order valence-corrected chi connectivity index (χ4v) is 3.75. The van der Waals surface area contributed by atoms with Gasteiger partial charge in [-0.15, -0.1) is 5.10 Å². The van der Waals surface area contributed by atoms with Crippen molar-refractivity contribution in [3.63, 3.8) is 0 Å². The molecule has 6 heteroatoms. The van der Waals surface area contributed by atoms with Crippen LogP contribution < -0.4 is 5.63 Å². The molecule has 4 aromatic rings. The van der Waals surface area contributed by atoms with Crippen LogP contribution in [0.3, 0.4) is 0 Å². The fraction of sp³-hybridized carbons (Fsp3) is 0.292. The lowest BCUT2D eigenvalue weighted by Gasteiger charge is -2.21. The number of hydrogen-bond acceptors (Lipinski definition) is 5. The van der Waals surface area contributed by atoms with Crippen molar-refractivity contribution in [3.8, 4) is 11.1 Å². The van der Waals surface area contributed by atoms with Gasteiger partial charge < -0.3 is 9.52 Å². The predicted octanol–water partition coefficient (Wildman–Crippen LogP) is 4.42. The molecule has 0 fully saturated rings. The Morgan fingerprint density at radius 3 is 2.63 bits per heavy atom. The summed E-state index contributed by atoms with van der Waals surface area (Å²) in [6, 6.07) is 15.4. The van der Waals surface area contributed by atoms with E-state index in [2.05, 4.69) is 16.4 Å². The van der Waals surface area contributed by atoms with Gasteiger partial charge in [0, 0.05) is 11.5 Å². The summed E-state index contributed by atoms with van der Waals surface area (Å²) in [5, 5.41) is 19.8. The van der Waals surface area contributed by atoms with E-state index in [1.54, 1.807) is 10.9 Å². The van der Waals surface area contributed by atoms with Gasteiger partial charge in [-0.1, -0.05) is 61.0 Å². The van der Waals surface area contributed by atoms with E-state index in [-0.39, 0.29) is 5.63 Å². The van der Waals surface area contributed by atoms with E-state index in [1.807, 2.05) is 57.2 Å². The van der Waals surface area contributed by atoms with Crippen LogP contribution in [0.15, 0.2) is 63.9 Å². The zero-order valence-electron chi connectivity index (χ0n) is 17.4. The highest BCUT2D eigenvalue weighted by atomic mass is 16.4. The first kappa shape index (κ1) is 20.0. The zero-order chi connectivity index (χ0) is 21.3. The molecule has 0 unspecified atom stereocenters. The number of fused-ring (bicyclic) bond motifs is 1. The quantitative estimate of drug-likeness (QED) is 0.482. The second-order valence-corrected chi connectivity index (χ2v) is 7.72. The predicted molar refractivity (Wildman–Crippen MR) is 116 cm³/mol. The van der Waals surface area contributed by atoms with Gasteiger partial charge in [0.2, 0.25) is 0 Å². The molecular weight excluding hydrogens is 378 g/mol. The highest BCUT2D eigenvalue weighted by molar-refractivity contribution is 5.93. The lowest BCUT2D eigenvalue weighted by atomic mass is 9.94. The summed E-state index contributed by atoms with van der Waals surface area (Å²) in [6.07, 6.45) is 2.92. The normalized spacial score (nSPS) is 11.9. The van der Waals surface area contributed by atoms with Crippen molar-refractivity contribution in [3.05, 3.63) is 82.0 Å². The standard InChI is InChI=1S/C24H25N3O3/c1-4-24(29,5-2)22-15-27(26-25-22)14-17-9-10-19-20(13-23(28)30-21(19)12-17)18-8-6-7-16(3)11-18/h6-13,15,29H,4-5,14H2,1-3H3. The molecule has 4 rings (SSSR count). The average Bonchev–Trinajstić information content (AvgIpc) is 3.21. The van der Waals surface area contributed by atoms with Crippen molar-refractivity contribution in [1.29, 1.82) is 0 Å². The first-order valence-corrected chi connectivity index (χ1v) is 10.2. The van der Waals surface area contributed by atoms with Crippen LogP contribution in [0.5, 0.6) is 0 Å². The molecule has 0 saturated carbocycles. The van der Waals surface area contributed by atoms with E-state index < -0.39 is 5.60 Å². The van der Waals surface area contributed by atoms with Crippen LogP contribution in [0.1, 0.15) is 43.5 Å². The van der Waals surface area contributed by atoms with E-state index in [4.69, 9.17) is 4.42 Å². The number of hydrogen-bond donors (Lipinski definition) is 1. The van der Waals surface area contributed by atoms with Crippen LogP contribution in [0, 0.1) is 6.92 Å². The summed E-state index contributed by atoms with van der Waals surface area (Å²) < 4.78 is 7.18. The Bertz CT molecular complexity index is 1250. The number of aliphatic hydroxyl groups is 1. The monoisotopic (exact) mass is 403 g/mol. The van der Waals surface area contributed by atoms with E-state index >= 15 is 0 Å². The first-order chi connectivity index (χ1) is 14.4. The third kappa shape index (κ3) is 3.78. The van der Waals surface area contributed by atoms with Gasteiger partial charge in [-0.3, -0.25) is 0 Å². The summed E-state index contributed by atoms with van der Waals surface area (Å²) in [5.74, 6) is 0. The number of benzene rings is 2. The minimum Gasteiger partial charge on any atom is -0.423 e. The molecule has 154 valence electrons. The maximum absolute atomic E-state index is 12.2. The van der Waals surface area contributed by atoms with Crippen molar-refractivity contribution in [1.82, 2.24) is 15.0 Å². The fourth-order valence-electron chi connectivity index (χ4n) is 3.75. The lowest BCUT2D eigenvalue weighted by Crippen LogP contribution is -2.23. The smallest absolute Gasteiger partial charge is 0.336 e. The maximum atomic E-state index is 12.2. The summed E-state index contributed by atoms with van der Waals surface area (Å²) in [7, 11) is 0. The van der Waals surface area contributed by atoms with Crippen LogP contribution in [0.25, 0.3) is 22.1 Å². The molecule has 30 heavy (non-hydrogen) atoms. The van der Waals surface area contributed by atoms with Gasteiger partial charge in [-0.05, 0) is 42.5 Å².